The molecule has 0 aromatic heterocycles. The van der Waals surface area contributed by atoms with Gasteiger partial charge in [-0.2, -0.15) is 0 Å². The molecule has 118 valence electrons. The molecular formula is C19H31NO. The van der Waals surface area contributed by atoms with Crippen LogP contribution in [0.25, 0.3) is 0 Å². The summed E-state index contributed by atoms with van der Waals surface area (Å²) in [5, 5.41) is 10.8. The van der Waals surface area contributed by atoms with E-state index in [9.17, 15) is 5.11 Å². The van der Waals surface area contributed by atoms with Crippen LogP contribution < -0.4 is 0 Å². The van der Waals surface area contributed by atoms with Crippen molar-refractivity contribution in [2.24, 2.45) is 11.3 Å². The van der Waals surface area contributed by atoms with Crippen molar-refractivity contribution in [2.45, 2.75) is 59.1 Å². The van der Waals surface area contributed by atoms with Crippen molar-refractivity contribution in [3.63, 3.8) is 0 Å². The highest BCUT2D eigenvalue weighted by molar-refractivity contribution is 5.19. The van der Waals surface area contributed by atoms with Crippen molar-refractivity contribution in [1.29, 1.82) is 0 Å². The van der Waals surface area contributed by atoms with Gasteiger partial charge in [-0.3, -0.25) is 4.90 Å². The Balaban J connectivity index is 2.00. The maximum absolute atomic E-state index is 10.8. The van der Waals surface area contributed by atoms with Crippen LogP contribution >= 0.6 is 0 Å². The minimum absolute atomic E-state index is 0.124. The maximum atomic E-state index is 10.8. The topological polar surface area (TPSA) is 23.5 Å². The highest BCUT2D eigenvalue weighted by Crippen LogP contribution is 2.37. The monoisotopic (exact) mass is 289 g/mol. The van der Waals surface area contributed by atoms with Gasteiger partial charge in [-0.15, -0.1) is 0 Å². The smallest absolute Gasteiger partial charge is 0.0853 e. The average Bonchev–Trinajstić information content (AvgIpc) is 3.28. The average molecular weight is 289 g/mol. The molecule has 0 bridgehead atoms. The molecule has 1 saturated carbocycles. The van der Waals surface area contributed by atoms with Gasteiger partial charge in [0.2, 0.25) is 0 Å². The Bertz CT molecular complexity index is 422. The van der Waals surface area contributed by atoms with Gasteiger partial charge in [0, 0.05) is 18.0 Å². The summed E-state index contributed by atoms with van der Waals surface area (Å²) in [4.78, 5) is 2.60. The molecule has 1 aliphatic rings. The van der Waals surface area contributed by atoms with Gasteiger partial charge in [0.05, 0.1) is 6.10 Å². The Hall–Kier alpha value is -0.860. The van der Waals surface area contributed by atoms with Crippen LogP contribution in [0.4, 0.5) is 0 Å². The van der Waals surface area contributed by atoms with E-state index in [0.29, 0.717) is 0 Å². The number of benzene rings is 1. The first kappa shape index (κ1) is 16.5. The second kappa shape index (κ2) is 6.93. The van der Waals surface area contributed by atoms with Gasteiger partial charge in [0.25, 0.3) is 0 Å². The van der Waals surface area contributed by atoms with Crippen LogP contribution in [0.1, 0.15) is 58.6 Å². The maximum Gasteiger partial charge on any atom is 0.0853 e. The molecule has 0 heterocycles. The molecule has 1 atom stereocenters. The van der Waals surface area contributed by atoms with E-state index < -0.39 is 6.10 Å². The van der Waals surface area contributed by atoms with Crippen molar-refractivity contribution >= 4 is 0 Å². The quantitative estimate of drug-likeness (QED) is 0.773. The Morgan fingerprint density at radius 1 is 1.19 bits per heavy atom. The summed E-state index contributed by atoms with van der Waals surface area (Å²) < 4.78 is 0. The molecule has 0 radical (unpaired) electrons. The van der Waals surface area contributed by atoms with Gasteiger partial charge < -0.3 is 5.11 Å². The third-order valence-corrected chi connectivity index (χ3v) is 4.52. The SMILES string of the molecule is CC(C)CCN(CC(C)(C)C(O)c1ccccc1)C1CC1. The number of aliphatic hydroxyl groups excluding tert-OH is 1. The first-order valence-electron chi connectivity index (χ1n) is 8.37. The molecule has 2 nitrogen and oxygen atoms in total. The molecule has 0 spiro atoms. The lowest BCUT2D eigenvalue weighted by Gasteiger charge is -2.37. The lowest BCUT2D eigenvalue weighted by atomic mass is 9.82. The zero-order valence-electron chi connectivity index (χ0n) is 14.0. The summed E-state index contributed by atoms with van der Waals surface area (Å²) in [7, 11) is 0. The Morgan fingerprint density at radius 3 is 2.33 bits per heavy atom. The van der Waals surface area contributed by atoms with E-state index >= 15 is 0 Å². The lowest BCUT2D eigenvalue weighted by Crippen LogP contribution is -2.40. The van der Waals surface area contributed by atoms with Gasteiger partial charge >= 0.3 is 0 Å². The molecule has 2 rings (SSSR count). The highest BCUT2D eigenvalue weighted by atomic mass is 16.3. The second-order valence-corrected chi connectivity index (χ2v) is 7.69. The Kier molecular flexibility index (Phi) is 5.45. The van der Waals surface area contributed by atoms with E-state index in [-0.39, 0.29) is 5.41 Å². The molecule has 1 aromatic rings. The first-order valence-corrected chi connectivity index (χ1v) is 8.37. The van der Waals surface area contributed by atoms with Crippen molar-refractivity contribution < 1.29 is 5.11 Å². The van der Waals surface area contributed by atoms with Crippen molar-refractivity contribution in [3.05, 3.63) is 35.9 Å². The van der Waals surface area contributed by atoms with Crippen LogP contribution in [0.3, 0.4) is 0 Å². The van der Waals surface area contributed by atoms with Crippen LogP contribution in [-0.4, -0.2) is 29.1 Å². The van der Waals surface area contributed by atoms with Crippen LogP contribution in [0.15, 0.2) is 30.3 Å². The van der Waals surface area contributed by atoms with Crippen molar-refractivity contribution in [3.8, 4) is 0 Å². The Morgan fingerprint density at radius 2 is 1.81 bits per heavy atom. The predicted molar refractivity (Wildman–Crippen MR) is 89.2 cm³/mol. The molecule has 0 saturated heterocycles. The van der Waals surface area contributed by atoms with E-state index in [1.54, 1.807) is 0 Å². The van der Waals surface area contributed by atoms with Crippen LogP contribution in [0.5, 0.6) is 0 Å². The minimum Gasteiger partial charge on any atom is -0.388 e. The van der Waals surface area contributed by atoms with Gasteiger partial charge in [-0.1, -0.05) is 58.0 Å². The molecule has 1 fully saturated rings. The van der Waals surface area contributed by atoms with E-state index in [1.165, 1.54) is 19.3 Å². The zero-order valence-corrected chi connectivity index (χ0v) is 14.0. The fourth-order valence-electron chi connectivity index (χ4n) is 2.95. The summed E-state index contributed by atoms with van der Waals surface area (Å²) in [5.74, 6) is 0.744. The van der Waals surface area contributed by atoms with Gasteiger partial charge in [0.15, 0.2) is 0 Å². The largest absolute Gasteiger partial charge is 0.388 e. The molecule has 0 amide bonds. The summed E-state index contributed by atoms with van der Waals surface area (Å²) in [6, 6.07) is 10.8. The number of nitrogens with zero attached hydrogens (tertiary/aromatic N) is 1. The lowest BCUT2D eigenvalue weighted by molar-refractivity contribution is 0.0171. The van der Waals surface area contributed by atoms with E-state index in [4.69, 9.17) is 0 Å². The fourth-order valence-corrected chi connectivity index (χ4v) is 2.95. The molecule has 0 aliphatic heterocycles. The molecule has 1 aromatic carbocycles. The first-order chi connectivity index (χ1) is 9.90. The third kappa shape index (κ3) is 4.82. The third-order valence-electron chi connectivity index (χ3n) is 4.52. The summed E-state index contributed by atoms with van der Waals surface area (Å²) in [6.45, 7) is 11.1. The number of hydrogen-bond donors (Lipinski definition) is 1. The molecule has 1 N–H and O–H groups in total. The van der Waals surface area contributed by atoms with E-state index in [2.05, 4.69) is 32.6 Å². The zero-order chi connectivity index (χ0) is 15.5. The second-order valence-electron chi connectivity index (χ2n) is 7.69. The van der Waals surface area contributed by atoms with E-state index in [1.807, 2.05) is 30.3 Å². The normalized spacial score (nSPS) is 17.5. The molecule has 1 unspecified atom stereocenters. The predicted octanol–water partition coefficient (Wildman–Crippen LogP) is 4.26. The van der Waals surface area contributed by atoms with Crippen LogP contribution in [0.2, 0.25) is 0 Å². The minimum atomic E-state index is -0.404. The van der Waals surface area contributed by atoms with Crippen molar-refractivity contribution in [1.82, 2.24) is 4.90 Å². The van der Waals surface area contributed by atoms with Crippen LogP contribution in [-0.2, 0) is 0 Å². The van der Waals surface area contributed by atoms with Crippen LogP contribution in [0, 0.1) is 11.3 Å². The molecule has 1 aliphatic carbocycles. The van der Waals surface area contributed by atoms with Gasteiger partial charge in [-0.25, -0.2) is 0 Å². The number of aliphatic hydroxyl groups is 1. The molecule has 2 heteroatoms. The number of hydrogen-bond acceptors (Lipinski definition) is 2. The highest BCUT2D eigenvalue weighted by Gasteiger charge is 2.36. The van der Waals surface area contributed by atoms with Gasteiger partial charge in [-0.05, 0) is 37.3 Å². The summed E-state index contributed by atoms with van der Waals surface area (Å²) in [5.41, 5.74) is 0.906. The summed E-state index contributed by atoms with van der Waals surface area (Å²) >= 11 is 0. The molecular weight excluding hydrogens is 258 g/mol. The molecule has 21 heavy (non-hydrogen) atoms. The number of rotatable bonds is 8. The summed E-state index contributed by atoms with van der Waals surface area (Å²) in [6.07, 6.45) is 3.50. The van der Waals surface area contributed by atoms with Gasteiger partial charge in [0.1, 0.15) is 0 Å². The standard InChI is InChI=1S/C19H31NO/c1-15(2)12-13-20(17-10-11-17)14-19(3,4)18(21)16-8-6-5-7-9-16/h5-9,15,17-18,21H,10-14H2,1-4H3. The van der Waals surface area contributed by atoms with Crippen molar-refractivity contribution in [2.75, 3.05) is 13.1 Å². The Labute approximate surface area is 130 Å². The fraction of sp³-hybridized carbons (Fsp3) is 0.684. The van der Waals surface area contributed by atoms with E-state index in [0.717, 1.165) is 30.6 Å².